The number of nitrogens with one attached hydrogen (secondary N) is 2. The number of rotatable bonds is 6. The zero-order valence-corrected chi connectivity index (χ0v) is 21.1. The van der Waals surface area contributed by atoms with Crippen LogP contribution in [0.15, 0.2) is 41.3 Å². The summed E-state index contributed by atoms with van der Waals surface area (Å²) in [7, 11) is -2.62. The molecule has 1 aliphatic rings. The van der Waals surface area contributed by atoms with Crippen LogP contribution in [0.4, 0.5) is 10.7 Å². The molecule has 9 heteroatoms. The van der Waals surface area contributed by atoms with Crippen LogP contribution in [0.3, 0.4) is 0 Å². The van der Waals surface area contributed by atoms with Gasteiger partial charge in [-0.1, -0.05) is 18.2 Å². The van der Waals surface area contributed by atoms with Gasteiger partial charge < -0.3 is 10.1 Å². The van der Waals surface area contributed by atoms with Crippen molar-refractivity contribution in [3.63, 3.8) is 0 Å². The van der Waals surface area contributed by atoms with E-state index in [9.17, 15) is 18.0 Å². The molecule has 0 atom stereocenters. The normalized spacial score (nSPS) is 12.8. The Labute approximate surface area is 203 Å². The van der Waals surface area contributed by atoms with Gasteiger partial charge in [0.1, 0.15) is 5.00 Å². The van der Waals surface area contributed by atoms with Crippen LogP contribution in [-0.4, -0.2) is 27.4 Å². The number of amides is 1. The molecule has 0 spiro atoms. The van der Waals surface area contributed by atoms with E-state index >= 15 is 0 Å². The maximum atomic E-state index is 13.2. The lowest BCUT2D eigenvalue weighted by Crippen LogP contribution is -2.18. The molecule has 34 heavy (non-hydrogen) atoms. The topological polar surface area (TPSA) is 102 Å². The van der Waals surface area contributed by atoms with Crippen LogP contribution in [-0.2, 0) is 27.6 Å². The summed E-state index contributed by atoms with van der Waals surface area (Å²) in [4.78, 5) is 26.5. The van der Waals surface area contributed by atoms with Crippen LogP contribution in [0.25, 0.3) is 0 Å². The first-order chi connectivity index (χ1) is 16.1. The maximum absolute atomic E-state index is 13.2. The van der Waals surface area contributed by atoms with Crippen LogP contribution in [0.5, 0.6) is 0 Å². The Morgan fingerprint density at radius 2 is 1.74 bits per heavy atom. The first-order valence-corrected chi connectivity index (χ1v) is 13.2. The Balaban J connectivity index is 1.64. The van der Waals surface area contributed by atoms with Crippen LogP contribution in [0, 0.1) is 20.8 Å². The molecule has 1 heterocycles. The molecule has 0 saturated heterocycles. The second-order valence-electron chi connectivity index (χ2n) is 8.41. The molecule has 0 bridgehead atoms. The number of carbonyl (C=O) groups is 2. The van der Waals surface area contributed by atoms with E-state index in [4.69, 9.17) is 4.74 Å². The van der Waals surface area contributed by atoms with Gasteiger partial charge in [-0.3, -0.25) is 9.52 Å². The highest BCUT2D eigenvalue weighted by Gasteiger charge is 2.28. The van der Waals surface area contributed by atoms with E-state index in [1.807, 2.05) is 26.0 Å². The summed E-state index contributed by atoms with van der Waals surface area (Å²) < 4.78 is 34.0. The largest absolute Gasteiger partial charge is 0.465 e. The SMILES string of the molecule is COC(=O)c1c(NC(=O)c2ccc(C)c(S(=O)(=O)Nc3cc(C)ccc3C)c2)sc2c1CCC2. The van der Waals surface area contributed by atoms with Crippen LogP contribution in [0.1, 0.15) is 54.3 Å². The molecule has 0 unspecified atom stereocenters. The number of benzene rings is 2. The minimum absolute atomic E-state index is 0.0166. The summed E-state index contributed by atoms with van der Waals surface area (Å²) in [5.41, 5.74) is 4.22. The number of hydrogen-bond acceptors (Lipinski definition) is 6. The molecular formula is C25H26N2O5S2. The van der Waals surface area contributed by atoms with Gasteiger partial charge in [0, 0.05) is 10.4 Å². The quantitative estimate of drug-likeness (QED) is 0.466. The Kier molecular flexibility index (Phi) is 6.51. The first-order valence-electron chi connectivity index (χ1n) is 10.9. The van der Waals surface area contributed by atoms with Crippen molar-refractivity contribution in [2.24, 2.45) is 0 Å². The smallest absolute Gasteiger partial charge is 0.341 e. The summed E-state index contributed by atoms with van der Waals surface area (Å²) in [6, 6.07) is 10.1. The number of methoxy groups -OCH3 is 1. The molecule has 2 N–H and O–H groups in total. The molecule has 0 radical (unpaired) electrons. The molecule has 178 valence electrons. The average Bonchev–Trinajstić information content (AvgIpc) is 3.36. The molecular weight excluding hydrogens is 472 g/mol. The molecule has 0 aliphatic heterocycles. The molecule has 2 aromatic carbocycles. The highest BCUT2D eigenvalue weighted by molar-refractivity contribution is 7.92. The van der Waals surface area contributed by atoms with E-state index in [0.717, 1.165) is 40.8 Å². The molecule has 3 aromatic rings. The van der Waals surface area contributed by atoms with Crippen molar-refractivity contribution in [1.29, 1.82) is 0 Å². The Morgan fingerprint density at radius 1 is 1.00 bits per heavy atom. The third kappa shape index (κ3) is 4.58. The zero-order valence-electron chi connectivity index (χ0n) is 19.4. The van der Waals surface area contributed by atoms with Crippen LogP contribution < -0.4 is 10.0 Å². The molecule has 0 saturated carbocycles. The fourth-order valence-electron chi connectivity index (χ4n) is 4.06. The minimum atomic E-state index is -3.94. The van der Waals surface area contributed by atoms with Crippen molar-refractivity contribution in [3.8, 4) is 0 Å². The number of ether oxygens (including phenoxy) is 1. The maximum Gasteiger partial charge on any atom is 0.341 e. The van der Waals surface area contributed by atoms with Gasteiger partial charge in [-0.2, -0.15) is 0 Å². The van der Waals surface area contributed by atoms with Crippen molar-refractivity contribution >= 4 is 43.9 Å². The summed E-state index contributed by atoms with van der Waals surface area (Å²) in [6.45, 7) is 5.39. The Morgan fingerprint density at radius 3 is 2.47 bits per heavy atom. The van der Waals surface area contributed by atoms with Gasteiger partial charge >= 0.3 is 5.97 Å². The van der Waals surface area contributed by atoms with E-state index in [1.54, 1.807) is 25.1 Å². The van der Waals surface area contributed by atoms with Crippen LogP contribution >= 0.6 is 11.3 Å². The lowest BCUT2D eigenvalue weighted by atomic mass is 10.1. The first kappa shape index (κ1) is 24.0. The van der Waals surface area contributed by atoms with E-state index < -0.39 is 21.9 Å². The standard InChI is InChI=1S/C25H26N2O5S2/c1-14-8-9-15(2)19(12-14)27-34(30,31)21-13-17(11-10-16(21)3)23(28)26-24-22(25(29)32-4)18-6-5-7-20(18)33-24/h8-13,27H,5-7H2,1-4H3,(H,26,28). The Hall–Kier alpha value is -3.17. The number of anilines is 2. The number of thiophene rings is 1. The third-order valence-corrected chi connectivity index (χ3v) is 8.63. The second kappa shape index (κ2) is 9.23. The lowest BCUT2D eigenvalue weighted by molar-refractivity contribution is 0.0601. The average molecular weight is 499 g/mol. The minimum Gasteiger partial charge on any atom is -0.465 e. The predicted octanol–water partition coefficient (Wildman–Crippen LogP) is 5.00. The molecule has 1 aromatic heterocycles. The number of sulfonamides is 1. The van der Waals surface area contributed by atoms with Crippen molar-refractivity contribution in [1.82, 2.24) is 0 Å². The third-order valence-electron chi connectivity index (χ3n) is 5.92. The number of aryl methyl sites for hydroxylation is 4. The summed E-state index contributed by atoms with van der Waals surface area (Å²) in [6.07, 6.45) is 2.59. The summed E-state index contributed by atoms with van der Waals surface area (Å²) in [5.74, 6) is -0.979. The van der Waals surface area contributed by atoms with Crippen molar-refractivity contribution in [3.05, 3.63) is 74.7 Å². The number of esters is 1. The van der Waals surface area contributed by atoms with Gasteiger partial charge in [-0.05, 0) is 80.5 Å². The van der Waals surface area contributed by atoms with Gasteiger partial charge in [-0.15, -0.1) is 11.3 Å². The fraction of sp³-hybridized carbons (Fsp3) is 0.280. The van der Waals surface area contributed by atoms with Gasteiger partial charge in [0.2, 0.25) is 0 Å². The lowest BCUT2D eigenvalue weighted by Gasteiger charge is -2.14. The predicted molar refractivity (Wildman–Crippen MR) is 134 cm³/mol. The fourth-order valence-corrected chi connectivity index (χ4v) is 6.73. The van der Waals surface area contributed by atoms with Crippen LogP contribution in [0.2, 0.25) is 0 Å². The second-order valence-corrected chi connectivity index (χ2v) is 11.2. The van der Waals surface area contributed by atoms with Gasteiger partial charge in [0.25, 0.3) is 15.9 Å². The Bertz CT molecular complexity index is 1410. The van der Waals surface area contributed by atoms with E-state index in [1.165, 1.54) is 24.5 Å². The zero-order chi connectivity index (χ0) is 24.6. The summed E-state index contributed by atoms with van der Waals surface area (Å²) >= 11 is 1.37. The number of carbonyl (C=O) groups excluding carboxylic acids is 2. The highest BCUT2D eigenvalue weighted by atomic mass is 32.2. The highest BCUT2D eigenvalue weighted by Crippen LogP contribution is 2.39. The van der Waals surface area contributed by atoms with Crippen molar-refractivity contribution < 1.29 is 22.7 Å². The summed E-state index contributed by atoms with van der Waals surface area (Å²) in [5, 5.41) is 3.23. The van der Waals surface area contributed by atoms with Gasteiger partial charge in [0.05, 0.1) is 23.3 Å². The molecule has 0 fully saturated rings. The number of hydrogen-bond donors (Lipinski definition) is 2. The van der Waals surface area contributed by atoms with E-state index in [-0.39, 0.29) is 10.5 Å². The van der Waals surface area contributed by atoms with Gasteiger partial charge in [-0.25, -0.2) is 13.2 Å². The monoisotopic (exact) mass is 498 g/mol. The van der Waals surface area contributed by atoms with E-state index in [0.29, 0.717) is 21.8 Å². The van der Waals surface area contributed by atoms with Gasteiger partial charge in [0.15, 0.2) is 0 Å². The number of fused-ring (bicyclic) bond motifs is 1. The molecule has 7 nitrogen and oxygen atoms in total. The molecule has 4 rings (SSSR count). The molecule has 1 aliphatic carbocycles. The van der Waals surface area contributed by atoms with Crippen molar-refractivity contribution in [2.45, 2.75) is 44.9 Å². The molecule has 1 amide bonds. The van der Waals surface area contributed by atoms with E-state index in [2.05, 4.69) is 10.0 Å². The van der Waals surface area contributed by atoms with Crippen molar-refractivity contribution in [2.75, 3.05) is 17.1 Å².